The van der Waals surface area contributed by atoms with Gasteiger partial charge in [0, 0.05) is 12.1 Å². The number of rotatable bonds is 4. The quantitative estimate of drug-likeness (QED) is 0.921. The highest BCUT2D eigenvalue weighted by Gasteiger charge is 2.36. The van der Waals surface area contributed by atoms with Crippen LogP contribution in [0.3, 0.4) is 0 Å². The predicted octanol–water partition coefficient (Wildman–Crippen LogP) is 2.52. The Bertz CT molecular complexity index is 496. The third-order valence-electron chi connectivity index (χ3n) is 4.13. The Hall–Kier alpha value is -1.62. The fraction of sp³-hybridized carbons (Fsp3) is 0.533. The van der Waals surface area contributed by atoms with Crippen LogP contribution in [0.25, 0.3) is 0 Å². The molecule has 1 aliphatic heterocycles. The number of carboxylic acid groups (broad SMARTS) is 1. The third kappa shape index (κ3) is 2.93. The molecule has 1 saturated heterocycles. The molecule has 0 saturated carbocycles. The van der Waals surface area contributed by atoms with Crippen molar-refractivity contribution in [1.82, 2.24) is 4.90 Å². The van der Waals surface area contributed by atoms with Gasteiger partial charge in [-0.3, -0.25) is 9.69 Å². The molecule has 1 aromatic carbocycles. The Morgan fingerprint density at radius 3 is 2.65 bits per heavy atom. The molecule has 2 rings (SSSR count). The average molecular weight is 281 g/mol. The summed E-state index contributed by atoms with van der Waals surface area (Å²) >= 11 is 0. The van der Waals surface area contributed by atoms with Gasteiger partial charge in [-0.2, -0.15) is 0 Å². The summed E-state index contributed by atoms with van der Waals surface area (Å²) in [6.45, 7) is 3.59. The number of hydrogen-bond donors (Lipinski definition) is 1. The number of ether oxygens (including phenoxy) is 1. The molecule has 1 aliphatic rings. The van der Waals surface area contributed by atoms with Crippen LogP contribution in [-0.2, 0) is 11.3 Å². The van der Waals surface area contributed by atoms with Crippen LogP contribution in [0.1, 0.15) is 25.3 Å². The third-order valence-corrected chi connectivity index (χ3v) is 4.13. The normalized spacial score (nSPS) is 18.8. The molecule has 110 valence electrons. The van der Waals surface area contributed by atoms with Crippen molar-refractivity contribution in [2.24, 2.45) is 5.41 Å². The van der Waals surface area contributed by atoms with Crippen molar-refractivity contribution < 1.29 is 19.0 Å². The van der Waals surface area contributed by atoms with Crippen molar-refractivity contribution in [2.45, 2.75) is 26.3 Å². The summed E-state index contributed by atoms with van der Waals surface area (Å²) in [7, 11) is 1.45. The summed E-state index contributed by atoms with van der Waals surface area (Å²) < 4.78 is 19.0. The lowest BCUT2D eigenvalue weighted by molar-refractivity contribution is -0.150. The molecule has 5 heteroatoms. The van der Waals surface area contributed by atoms with Gasteiger partial charge in [-0.25, -0.2) is 4.39 Å². The molecule has 0 amide bonds. The second-order valence-corrected chi connectivity index (χ2v) is 5.58. The number of likely N-dealkylation sites (tertiary alicyclic amines) is 1. The van der Waals surface area contributed by atoms with E-state index in [1.54, 1.807) is 25.1 Å². The van der Waals surface area contributed by atoms with E-state index in [0.717, 1.165) is 0 Å². The highest BCUT2D eigenvalue weighted by Crippen LogP contribution is 2.32. The highest BCUT2D eigenvalue weighted by molar-refractivity contribution is 5.74. The zero-order chi connectivity index (χ0) is 14.8. The number of halogens is 1. The van der Waals surface area contributed by atoms with Gasteiger partial charge in [0.15, 0.2) is 11.6 Å². The van der Waals surface area contributed by atoms with Crippen molar-refractivity contribution in [3.05, 3.63) is 29.6 Å². The van der Waals surface area contributed by atoms with E-state index in [-0.39, 0.29) is 11.6 Å². The molecule has 1 N–H and O–H groups in total. The maximum absolute atomic E-state index is 14.1. The molecular weight excluding hydrogens is 261 g/mol. The van der Waals surface area contributed by atoms with Gasteiger partial charge in [0.25, 0.3) is 0 Å². The standard InChI is InChI=1S/C15H20FNO3/c1-15(14(18)19)6-8-17(9-7-15)10-11-4-3-5-12(20-2)13(11)16/h3-5H,6-10H2,1-2H3,(H,18,19). The number of benzene rings is 1. The summed E-state index contributed by atoms with van der Waals surface area (Å²) in [4.78, 5) is 13.3. The molecule has 0 unspecified atom stereocenters. The van der Waals surface area contributed by atoms with E-state index in [0.29, 0.717) is 38.0 Å². The van der Waals surface area contributed by atoms with Crippen molar-refractivity contribution in [3.63, 3.8) is 0 Å². The van der Waals surface area contributed by atoms with Crippen LogP contribution in [0.5, 0.6) is 5.75 Å². The minimum atomic E-state index is -0.746. The zero-order valence-corrected chi connectivity index (χ0v) is 11.9. The molecule has 0 bridgehead atoms. The Morgan fingerprint density at radius 1 is 1.45 bits per heavy atom. The van der Waals surface area contributed by atoms with Crippen molar-refractivity contribution in [1.29, 1.82) is 0 Å². The number of carboxylic acids is 1. The second-order valence-electron chi connectivity index (χ2n) is 5.58. The number of nitrogens with zero attached hydrogens (tertiary/aromatic N) is 1. The molecule has 0 spiro atoms. The summed E-state index contributed by atoms with van der Waals surface area (Å²) in [6.07, 6.45) is 1.18. The molecule has 1 heterocycles. The largest absolute Gasteiger partial charge is 0.494 e. The van der Waals surface area contributed by atoms with E-state index in [1.165, 1.54) is 7.11 Å². The van der Waals surface area contributed by atoms with Gasteiger partial charge >= 0.3 is 5.97 Å². The molecule has 1 fully saturated rings. The number of methoxy groups -OCH3 is 1. The van der Waals surface area contributed by atoms with Crippen LogP contribution in [0.2, 0.25) is 0 Å². The van der Waals surface area contributed by atoms with Crippen molar-refractivity contribution >= 4 is 5.97 Å². The Morgan fingerprint density at radius 2 is 2.10 bits per heavy atom. The number of hydrogen-bond acceptors (Lipinski definition) is 3. The van der Waals surface area contributed by atoms with Gasteiger partial charge in [0.05, 0.1) is 12.5 Å². The van der Waals surface area contributed by atoms with Gasteiger partial charge in [-0.05, 0) is 38.9 Å². The topological polar surface area (TPSA) is 49.8 Å². The first kappa shape index (κ1) is 14.8. The molecule has 0 aliphatic carbocycles. The van der Waals surface area contributed by atoms with E-state index < -0.39 is 11.4 Å². The van der Waals surface area contributed by atoms with Gasteiger partial charge in [-0.1, -0.05) is 12.1 Å². The Kier molecular flexibility index (Phi) is 4.28. The van der Waals surface area contributed by atoms with Gasteiger partial charge < -0.3 is 9.84 Å². The highest BCUT2D eigenvalue weighted by atomic mass is 19.1. The minimum Gasteiger partial charge on any atom is -0.494 e. The van der Waals surface area contributed by atoms with Crippen molar-refractivity contribution in [2.75, 3.05) is 20.2 Å². The molecule has 1 aromatic rings. The average Bonchev–Trinajstić information content (AvgIpc) is 2.43. The van der Waals surface area contributed by atoms with Crippen LogP contribution in [-0.4, -0.2) is 36.2 Å². The summed E-state index contributed by atoms with van der Waals surface area (Å²) in [5, 5.41) is 9.19. The summed E-state index contributed by atoms with van der Waals surface area (Å²) in [6, 6.07) is 5.10. The SMILES string of the molecule is COc1cccc(CN2CCC(C)(C(=O)O)CC2)c1F. The molecular formula is C15H20FNO3. The minimum absolute atomic E-state index is 0.245. The fourth-order valence-corrected chi connectivity index (χ4v) is 2.50. The van der Waals surface area contributed by atoms with Gasteiger partial charge in [0.1, 0.15) is 0 Å². The lowest BCUT2D eigenvalue weighted by Gasteiger charge is -2.36. The molecule has 0 atom stereocenters. The first-order valence-electron chi connectivity index (χ1n) is 6.73. The predicted molar refractivity (Wildman–Crippen MR) is 73.2 cm³/mol. The van der Waals surface area contributed by atoms with Crippen LogP contribution in [0.4, 0.5) is 4.39 Å². The van der Waals surface area contributed by atoms with E-state index in [9.17, 15) is 14.3 Å². The molecule has 4 nitrogen and oxygen atoms in total. The van der Waals surface area contributed by atoms with E-state index in [2.05, 4.69) is 4.90 Å². The van der Waals surface area contributed by atoms with Crippen LogP contribution >= 0.6 is 0 Å². The maximum atomic E-state index is 14.1. The van der Waals surface area contributed by atoms with Crippen LogP contribution < -0.4 is 4.74 Å². The van der Waals surface area contributed by atoms with Gasteiger partial charge in [-0.15, -0.1) is 0 Å². The first-order valence-corrected chi connectivity index (χ1v) is 6.73. The summed E-state index contributed by atoms with van der Waals surface area (Å²) in [5.41, 5.74) is -0.0630. The van der Waals surface area contributed by atoms with E-state index >= 15 is 0 Å². The zero-order valence-electron chi connectivity index (χ0n) is 11.9. The van der Waals surface area contributed by atoms with Crippen LogP contribution in [0, 0.1) is 11.2 Å². The van der Waals surface area contributed by atoms with Gasteiger partial charge in [0.2, 0.25) is 0 Å². The first-order chi connectivity index (χ1) is 9.46. The Labute approximate surface area is 118 Å². The number of aliphatic carboxylic acids is 1. The number of piperidine rings is 1. The lowest BCUT2D eigenvalue weighted by atomic mass is 9.80. The fourth-order valence-electron chi connectivity index (χ4n) is 2.50. The Balaban J connectivity index is 2.01. The molecule has 0 aromatic heterocycles. The van der Waals surface area contributed by atoms with Crippen molar-refractivity contribution in [3.8, 4) is 5.75 Å². The maximum Gasteiger partial charge on any atom is 0.309 e. The molecule has 20 heavy (non-hydrogen) atoms. The molecule has 0 radical (unpaired) electrons. The van der Waals surface area contributed by atoms with E-state index in [4.69, 9.17) is 4.74 Å². The number of carbonyl (C=O) groups is 1. The smallest absolute Gasteiger partial charge is 0.309 e. The summed E-state index contributed by atoms with van der Waals surface area (Å²) in [5.74, 6) is -0.832. The lowest BCUT2D eigenvalue weighted by Crippen LogP contribution is -2.42. The second kappa shape index (κ2) is 5.79. The monoisotopic (exact) mass is 281 g/mol. The van der Waals surface area contributed by atoms with E-state index in [1.807, 2.05) is 0 Å². The van der Waals surface area contributed by atoms with Crippen LogP contribution in [0.15, 0.2) is 18.2 Å².